The van der Waals surface area contributed by atoms with Gasteiger partial charge in [0.25, 0.3) is 0 Å². The summed E-state index contributed by atoms with van der Waals surface area (Å²) >= 11 is 0. The molecular weight excluding hydrogens is 316 g/mol. The molecule has 2 atom stereocenters. The number of Topliss-reactive ketones (excluding diaryl/α,β-unsaturated/α-hetero) is 1. The van der Waals surface area contributed by atoms with Crippen LogP contribution in [0, 0.1) is 0 Å². The lowest BCUT2D eigenvalue weighted by Gasteiger charge is -2.30. The van der Waals surface area contributed by atoms with Crippen molar-refractivity contribution in [3.8, 4) is 0 Å². The van der Waals surface area contributed by atoms with Crippen molar-refractivity contribution in [1.29, 1.82) is 0 Å². The van der Waals surface area contributed by atoms with Gasteiger partial charge in [-0.2, -0.15) is 4.79 Å². The summed E-state index contributed by atoms with van der Waals surface area (Å²) in [6.07, 6.45) is 1.17. The fourth-order valence-corrected chi connectivity index (χ4v) is 2.04. The Morgan fingerprint density at radius 2 is 2.08 bits per heavy atom. The van der Waals surface area contributed by atoms with E-state index in [0.29, 0.717) is 6.54 Å². The number of hydrogen-bond acceptors (Lipinski definition) is 6. The maximum absolute atomic E-state index is 12.2. The van der Waals surface area contributed by atoms with Gasteiger partial charge in [-0.05, 0) is 32.9 Å². The summed E-state index contributed by atoms with van der Waals surface area (Å²) in [4.78, 5) is 40.2. The number of esters is 1. The Bertz CT molecular complexity index is 500. The smallest absolute Gasteiger partial charge is 0.328 e. The summed E-state index contributed by atoms with van der Waals surface area (Å²) in [5.41, 5.74) is 8.32. The number of rotatable bonds is 11. The molecule has 0 spiro atoms. The molecule has 0 aromatic carbocycles. The zero-order chi connectivity index (χ0) is 17.9. The number of carbonyl (C=O) groups excluding carboxylic acids is 3. The highest BCUT2D eigenvalue weighted by Gasteiger charge is 2.26. The quantitative estimate of drug-likeness (QED) is 0.232. The van der Waals surface area contributed by atoms with Crippen LogP contribution in [-0.4, -0.2) is 79.1 Å². The van der Waals surface area contributed by atoms with Gasteiger partial charge in [-0.3, -0.25) is 14.5 Å². The van der Waals surface area contributed by atoms with Crippen molar-refractivity contribution in [3.05, 3.63) is 5.53 Å². The first-order valence-corrected chi connectivity index (χ1v) is 7.90. The molecule has 1 aliphatic heterocycles. The first kappa shape index (κ1) is 20.0. The second kappa shape index (κ2) is 10.6. The molecule has 134 valence electrons. The number of nitrogens with one attached hydrogen (secondary N) is 1. The van der Waals surface area contributed by atoms with Crippen LogP contribution in [0.1, 0.15) is 26.2 Å². The SMILES string of the molecule is CO[C@@H](C)C(=O)N[C@@H](CCC(=O)C=[N+]=[N-])C(=O)OCCN1CCC1. The van der Waals surface area contributed by atoms with E-state index >= 15 is 0 Å². The van der Waals surface area contributed by atoms with Crippen LogP contribution >= 0.6 is 0 Å². The lowest BCUT2D eigenvalue weighted by Crippen LogP contribution is -2.47. The Kier molecular flexibility index (Phi) is 8.85. The molecule has 9 heteroatoms. The topological polar surface area (TPSA) is 121 Å². The van der Waals surface area contributed by atoms with Crippen LogP contribution in [0.15, 0.2) is 0 Å². The number of carbonyl (C=O) groups is 3. The molecule has 0 aliphatic carbocycles. The third-order valence-electron chi connectivity index (χ3n) is 3.81. The molecule has 0 bridgehead atoms. The van der Waals surface area contributed by atoms with E-state index in [9.17, 15) is 14.4 Å². The van der Waals surface area contributed by atoms with E-state index in [0.717, 1.165) is 25.7 Å². The number of nitrogens with zero attached hydrogens (tertiary/aromatic N) is 3. The second-order valence-electron chi connectivity index (χ2n) is 5.55. The van der Waals surface area contributed by atoms with Gasteiger partial charge in [0.15, 0.2) is 0 Å². The summed E-state index contributed by atoms with van der Waals surface area (Å²) < 4.78 is 10.1. The van der Waals surface area contributed by atoms with Gasteiger partial charge in [0.2, 0.25) is 11.7 Å². The molecule has 1 heterocycles. The zero-order valence-corrected chi connectivity index (χ0v) is 14.1. The van der Waals surface area contributed by atoms with Crippen LogP contribution in [0.5, 0.6) is 0 Å². The van der Waals surface area contributed by atoms with Crippen LogP contribution in [0.2, 0.25) is 0 Å². The summed E-state index contributed by atoms with van der Waals surface area (Å²) in [7, 11) is 1.38. The fraction of sp³-hybridized carbons (Fsp3) is 0.733. The van der Waals surface area contributed by atoms with E-state index in [1.54, 1.807) is 6.92 Å². The number of methoxy groups -OCH3 is 1. The van der Waals surface area contributed by atoms with E-state index < -0.39 is 29.8 Å². The second-order valence-corrected chi connectivity index (χ2v) is 5.55. The van der Waals surface area contributed by atoms with Crippen molar-refractivity contribution in [1.82, 2.24) is 10.2 Å². The van der Waals surface area contributed by atoms with Crippen LogP contribution in [0.3, 0.4) is 0 Å². The van der Waals surface area contributed by atoms with Crippen molar-refractivity contribution < 1.29 is 28.6 Å². The molecule has 1 aliphatic rings. The molecule has 9 nitrogen and oxygen atoms in total. The highest BCUT2D eigenvalue weighted by atomic mass is 16.5. The first-order chi connectivity index (χ1) is 11.5. The van der Waals surface area contributed by atoms with Crippen LogP contribution in [-0.2, 0) is 23.9 Å². The number of amides is 1. The Labute approximate surface area is 140 Å². The van der Waals surface area contributed by atoms with Gasteiger partial charge < -0.3 is 20.3 Å². The Morgan fingerprint density at radius 3 is 2.62 bits per heavy atom. The monoisotopic (exact) mass is 340 g/mol. The standard InChI is InChI=1S/C15H24N4O5/c1-11(23-2)14(21)18-13(5-4-12(20)10-17-16)15(22)24-9-8-19-6-3-7-19/h10-11,13H,3-9H2,1-2H3,(H,18,21)/t11-,13-/m0/s1. The number of ether oxygens (including phenoxy) is 2. The predicted octanol–water partition coefficient (Wildman–Crippen LogP) is -0.595. The average Bonchev–Trinajstić information content (AvgIpc) is 2.52. The Morgan fingerprint density at radius 1 is 1.38 bits per heavy atom. The van der Waals surface area contributed by atoms with Crippen LogP contribution in [0.25, 0.3) is 5.53 Å². The number of hydrogen-bond donors (Lipinski definition) is 1. The molecule has 0 aromatic rings. The van der Waals surface area contributed by atoms with Crippen molar-refractivity contribution in [2.45, 2.75) is 38.3 Å². The average molecular weight is 340 g/mol. The highest BCUT2D eigenvalue weighted by Crippen LogP contribution is 2.06. The minimum absolute atomic E-state index is 0.0512. The first-order valence-electron chi connectivity index (χ1n) is 7.90. The fourth-order valence-electron chi connectivity index (χ4n) is 2.04. The van der Waals surface area contributed by atoms with Gasteiger partial charge in [-0.1, -0.05) is 0 Å². The minimum atomic E-state index is -0.956. The Hall–Kier alpha value is -2.09. The summed E-state index contributed by atoms with van der Waals surface area (Å²) in [6, 6.07) is -0.956. The van der Waals surface area contributed by atoms with Gasteiger partial charge in [0.05, 0.1) is 0 Å². The van der Waals surface area contributed by atoms with Crippen molar-refractivity contribution >= 4 is 23.9 Å². The van der Waals surface area contributed by atoms with E-state index in [2.05, 4.69) is 15.0 Å². The highest BCUT2D eigenvalue weighted by molar-refractivity contribution is 6.25. The van der Waals surface area contributed by atoms with Crippen LogP contribution in [0.4, 0.5) is 0 Å². The molecule has 24 heavy (non-hydrogen) atoms. The number of likely N-dealkylation sites (tertiary alicyclic amines) is 1. The van der Waals surface area contributed by atoms with Gasteiger partial charge in [0, 0.05) is 20.1 Å². The summed E-state index contributed by atoms with van der Waals surface area (Å²) in [6.45, 7) is 4.43. The molecule has 1 N–H and O–H groups in total. The molecule has 1 fully saturated rings. The van der Waals surface area contributed by atoms with Crippen molar-refractivity contribution in [2.24, 2.45) is 0 Å². The van der Waals surface area contributed by atoms with Gasteiger partial charge in [-0.25, -0.2) is 4.79 Å². The third kappa shape index (κ3) is 6.99. The van der Waals surface area contributed by atoms with E-state index in [4.69, 9.17) is 15.0 Å². The third-order valence-corrected chi connectivity index (χ3v) is 3.81. The molecule has 1 amide bonds. The van der Waals surface area contributed by atoms with Crippen molar-refractivity contribution in [3.63, 3.8) is 0 Å². The maximum Gasteiger partial charge on any atom is 0.328 e. The van der Waals surface area contributed by atoms with Gasteiger partial charge in [0.1, 0.15) is 18.8 Å². The van der Waals surface area contributed by atoms with Crippen molar-refractivity contribution in [2.75, 3.05) is 33.4 Å². The van der Waals surface area contributed by atoms with Crippen LogP contribution < -0.4 is 5.32 Å². The molecule has 0 radical (unpaired) electrons. The van der Waals surface area contributed by atoms with E-state index in [1.165, 1.54) is 7.11 Å². The molecule has 1 saturated heterocycles. The molecule has 0 aromatic heterocycles. The Balaban J connectivity index is 2.52. The van der Waals surface area contributed by atoms with Gasteiger partial charge in [-0.15, -0.1) is 0 Å². The largest absolute Gasteiger partial charge is 0.463 e. The maximum atomic E-state index is 12.2. The predicted molar refractivity (Wildman–Crippen MR) is 84.3 cm³/mol. The summed E-state index contributed by atoms with van der Waals surface area (Å²) in [5, 5.41) is 2.52. The van der Waals surface area contributed by atoms with E-state index in [1.807, 2.05) is 0 Å². The molecule has 1 rings (SSSR count). The van der Waals surface area contributed by atoms with E-state index in [-0.39, 0.29) is 19.4 Å². The van der Waals surface area contributed by atoms with Gasteiger partial charge >= 0.3 is 12.2 Å². The molecular formula is C15H24N4O5. The molecule has 0 saturated carbocycles. The summed E-state index contributed by atoms with van der Waals surface area (Å²) in [5.74, 6) is -1.52. The molecule has 0 unspecified atom stereocenters. The lowest BCUT2D eigenvalue weighted by atomic mass is 10.1. The zero-order valence-electron chi connectivity index (χ0n) is 14.1. The lowest BCUT2D eigenvalue weighted by molar-refractivity contribution is -0.150. The normalized spacial score (nSPS) is 16.2. The minimum Gasteiger partial charge on any atom is -0.463 e. The number of ketones is 1.